The van der Waals surface area contributed by atoms with Crippen LogP contribution in [0.5, 0.6) is 0 Å². The summed E-state index contributed by atoms with van der Waals surface area (Å²) in [6, 6.07) is 8.00. The highest BCUT2D eigenvalue weighted by Gasteiger charge is 2.13. The van der Waals surface area contributed by atoms with Crippen LogP contribution in [0.15, 0.2) is 30.5 Å². The molecule has 0 unspecified atom stereocenters. The van der Waals surface area contributed by atoms with Gasteiger partial charge in [-0.05, 0) is 37.1 Å². The first-order valence-corrected chi connectivity index (χ1v) is 6.71. The van der Waals surface area contributed by atoms with E-state index in [0.717, 1.165) is 18.8 Å². The lowest BCUT2D eigenvalue weighted by molar-refractivity contribution is -0.136. The molecule has 20 heavy (non-hydrogen) atoms. The molecule has 1 aliphatic heterocycles. The van der Waals surface area contributed by atoms with Gasteiger partial charge >= 0.3 is 5.97 Å². The van der Waals surface area contributed by atoms with Crippen molar-refractivity contribution < 1.29 is 9.90 Å². The Bertz CT molecular complexity index is 600. The summed E-state index contributed by atoms with van der Waals surface area (Å²) in [5.41, 5.74) is 2.61. The maximum atomic E-state index is 10.8. The first-order chi connectivity index (χ1) is 9.74. The first kappa shape index (κ1) is 12.7. The molecule has 2 heterocycles. The predicted octanol–water partition coefficient (Wildman–Crippen LogP) is 1.49. The zero-order valence-corrected chi connectivity index (χ0v) is 11.1. The Morgan fingerprint density at radius 2 is 1.80 bits per heavy atom. The summed E-state index contributed by atoms with van der Waals surface area (Å²) in [6.45, 7) is 2.21. The lowest BCUT2D eigenvalue weighted by Gasteiger charge is -2.17. The smallest absolute Gasteiger partial charge is 0.309 e. The summed E-state index contributed by atoms with van der Waals surface area (Å²) in [5, 5.41) is 16.6. The van der Waals surface area contributed by atoms with Crippen LogP contribution in [0, 0.1) is 0 Å². The Labute approximate surface area is 116 Å². The molecule has 6 nitrogen and oxygen atoms in total. The van der Waals surface area contributed by atoms with Gasteiger partial charge in [0.1, 0.15) is 0 Å². The summed E-state index contributed by atoms with van der Waals surface area (Å²) >= 11 is 0. The van der Waals surface area contributed by atoms with E-state index < -0.39 is 5.97 Å². The van der Waals surface area contributed by atoms with Gasteiger partial charge in [0.05, 0.1) is 24.0 Å². The average molecular weight is 272 g/mol. The third-order valence-corrected chi connectivity index (χ3v) is 3.52. The van der Waals surface area contributed by atoms with Gasteiger partial charge in [0.2, 0.25) is 0 Å². The van der Waals surface area contributed by atoms with Crippen molar-refractivity contribution in [1.82, 2.24) is 15.0 Å². The fraction of sp³-hybridized carbons (Fsp3) is 0.357. The van der Waals surface area contributed by atoms with Crippen molar-refractivity contribution in [2.75, 3.05) is 18.0 Å². The van der Waals surface area contributed by atoms with Gasteiger partial charge in [-0.3, -0.25) is 4.79 Å². The molecule has 104 valence electrons. The lowest BCUT2D eigenvalue weighted by atomic mass is 10.2. The largest absolute Gasteiger partial charge is 0.481 e. The van der Waals surface area contributed by atoms with E-state index in [1.165, 1.54) is 24.7 Å². The number of anilines is 1. The van der Waals surface area contributed by atoms with Crippen LogP contribution in [0.4, 0.5) is 5.69 Å². The number of aliphatic carboxylic acids is 1. The number of rotatable bonds is 4. The van der Waals surface area contributed by atoms with Gasteiger partial charge in [0, 0.05) is 18.8 Å². The van der Waals surface area contributed by atoms with Gasteiger partial charge in [-0.1, -0.05) is 5.21 Å². The molecule has 2 aromatic rings. The minimum Gasteiger partial charge on any atom is -0.481 e. The second-order valence-electron chi connectivity index (χ2n) is 4.92. The molecule has 1 aliphatic rings. The highest BCUT2D eigenvalue weighted by Crippen LogP contribution is 2.21. The lowest BCUT2D eigenvalue weighted by Crippen LogP contribution is -2.17. The molecule has 6 heteroatoms. The summed E-state index contributed by atoms with van der Waals surface area (Å²) in [5.74, 6) is -0.887. The number of carboxylic acids is 1. The monoisotopic (exact) mass is 272 g/mol. The van der Waals surface area contributed by atoms with E-state index in [-0.39, 0.29) is 6.42 Å². The molecular formula is C14H16N4O2. The maximum Gasteiger partial charge on any atom is 0.309 e. The fourth-order valence-corrected chi connectivity index (χ4v) is 2.53. The molecule has 0 bridgehead atoms. The molecule has 0 saturated carbocycles. The summed E-state index contributed by atoms with van der Waals surface area (Å²) < 4.78 is 1.57. The molecule has 0 spiro atoms. The van der Waals surface area contributed by atoms with Gasteiger partial charge in [-0.25, -0.2) is 4.68 Å². The predicted molar refractivity (Wildman–Crippen MR) is 74.1 cm³/mol. The molecule has 1 saturated heterocycles. The molecule has 0 radical (unpaired) electrons. The van der Waals surface area contributed by atoms with E-state index in [0.29, 0.717) is 5.69 Å². The van der Waals surface area contributed by atoms with Crippen LogP contribution in [0.25, 0.3) is 5.69 Å². The zero-order chi connectivity index (χ0) is 13.9. The highest BCUT2D eigenvalue weighted by atomic mass is 16.4. The first-order valence-electron chi connectivity index (χ1n) is 6.71. The van der Waals surface area contributed by atoms with Crippen LogP contribution in [-0.4, -0.2) is 39.2 Å². The number of carboxylic acid groups (broad SMARTS) is 1. The molecule has 0 aliphatic carbocycles. The van der Waals surface area contributed by atoms with Crippen LogP contribution in [-0.2, 0) is 11.2 Å². The Morgan fingerprint density at radius 3 is 2.45 bits per heavy atom. The zero-order valence-electron chi connectivity index (χ0n) is 11.1. The van der Waals surface area contributed by atoms with E-state index in [2.05, 4.69) is 15.2 Å². The molecule has 1 aromatic heterocycles. The van der Waals surface area contributed by atoms with Crippen molar-refractivity contribution in [3.05, 3.63) is 36.2 Å². The van der Waals surface area contributed by atoms with E-state index >= 15 is 0 Å². The number of benzene rings is 1. The summed E-state index contributed by atoms with van der Waals surface area (Å²) in [6.07, 6.45) is 3.89. The maximum absolute atomic E-state index is 10.8. The minimum atomic E-state index is -0.887. The molecule has 1 fully saturated rings. The van der Waals surface area contributed by atoms with E-state index in [1.807, 2.05) is 24.3 Å². The van der Waals surface area contributed by atoms with Crippen molar-refractivity contribution in [3.63, 3.8) is 0 Å². The Morgan fingerprint density at radius 1 is 1.15 bits per heavy atom. The van der Waals surface area contributed by atoms with Gasteiger partial charge in [-0.2, -0.15) is 0 Å². The molecule has 0 atom stereocenters. The van der Waals surface area contributed by atoms with E-state index in [4.69, 9.17) is 5.11 Å². The van der Waals surface area contributed by atoms with Crippen LogP contribution >= 0.6 is 0 Å². The number of aromatic nitrogens is 3. The Kier molecular flexibility index (Phi) is 3.37. The molecule has 0 amide bonds. The summed E-state index contributed by atoms with van der Waals surface area (Å²) in [7, 11) is 0. The normalized spacial score (nSPS) is 14.7. The third kappa shape index (κ3) is 2.49. The highest BCUT2D eigenvalue weighted by molar-refractivity contribution is 5.69. The van der Waals surface area contributed by atoms with Crippen molar-refractivity contribution in [1.29, 1.82) is 0 Å². The van der Waals surface area contributed by atoms with Gasteiger partial charge < -0.3 is 10.0 Å². The number of hydrogen-bond acceptors (Lipinski definition) is 4. The Balaban J connectivity index is 1.83. The fourth-order valence-electron chi connectivity index (χ4n) is 2.53. The van der Waals surface area contributed by atoms with Crippen molar-refractivity contribution in [2.24, 2.45) is 0 Å². The SMILES string of the molecule is O=C(O)Cc1cnnn1-c1ccc(N2CCCC2)cc1. The van der Waals surface area contributed by atoms with E-state index in [1.54, 1.807) is 4.68 Å². The minimum absolute atomic E-state index is 0.0825. The van der Waals surface area contributed by atoms with Gasteiger partial charge in [0.15, 0.2) is 0 Å². The van der Waals surface area contributed by atoms with E-state index in [9.17, 15) is 4.79 Å². The molecule has 3 rings (SSSR count). The van der Waals surface area contributed by atoms with Crippen molar-refractivity contribution in [3.8, 4) is 5.69 Å². The Hall–Kier alpha value is -2.37. The topological polar surface area (TPSA) is 71.2 Å². The molecule has 1 N–H and O–H groups in total. The second-order valence-corrected chi connectivity index (χ2v) is 4.92. The number of carbonyl (C=O) groups is 1. The number of hydrogen-bond donors (Lipinski definition) is 1. The van der Waals surface area contributed by atoms with Crippen LogP contribution < -0.4 is 4.90 Å². The van der Waals surface area contributed by atoms with Gasteiger partial charge in [-0.15, -0.1) is 5.10 Å². The number of nitrogens with zero attached hydrogens (tertiary/aromatic N) is 4. The molecule has 1 aromatic carbocycles. The van der Waals surface area contributed by atoms with Crippen molar-refractivity contribution >= 4 is 11.7 Å². The van der Waals surface area contributed by atoms with Crippen molar-refractivity contribution in [2.45, 2.75) is 19.3 Å². The van der Waals surface area contributed by atoms with Crippen LogP contribution in [0.3, 0.4) is 0 Å². The standard InChI is InChI=1S/C14H16N4O2/c19-14(20)9-13-10-15-16-18(13)12-5-3-11(4-6-12)17-7-1-2-8-17/h3-6,10H,1-2,7-9H2,(H,19,20). The summed E-state index contributed by atoms with van der Waals surface area (Å²) in [4.78, 5) is 13.2. The molecular weight excluding hydrogens is 256 g/mol. The van der Waals surface area contributed by atoms with Gasteiger partial charge in [0.25, 0.3) is 0 Å². The van der Waals surface area contributed by atoms with Crippen LogP contribution in [0.2, 0.25) is 0 Å². The third-order valence-electron chi connectivity index (χ3n) is 3.52. The average Bonchev–Trinajstić information content (AvgIpc) is 3.09. The van der Waals surface area contributed by atoms with Crippen LogP contribution in [0.1, 0.15) is 18.5 Å². The second kappa shape index (κ2) is 5.32. The quantitative estimate of drug-likeness (QED) is 0.913.